The molecule has 0 radical (unpaired) electrons. The highest BCUT2D eigenvalue weighted by atomic mass is 127. The predicted molar refractivity (Wildman–Crippen MR) is 122 cm³/mol. The average Bonchev–Trinajstić information content (AvgIpc) is 2.72. The lowest BCUT2D eigenvalue weighted by Gasteiger charge is -2.21. The first-order chi connectivity index (χ1) is 14.0. The summed E-state index contributed by atoms with van der Waals surface area (Å²) in [6.07, 6.45) is -1.33. The Labute approximate surface area is 193 Å². The molecular formula is C21H29F3IN3O2. The number of rotatable bonds is 7. The summed E-state index contributed by atoms with van der Waals surface area (Å²) >= 11 is 0. The molecule has 0 bridgehead atoms. The summed E-state index contributed by atoms with van der Waals surface area (Å²) in [6.45, 7) is 4.20. The van der Waals surface area contributed by atoms with Crippen molar-refractivity contribution in [3.63, 3.8) is 0 Å². The van der Waals surface area contributed by atoms with Gasteiger partial charge in [0.2, 0.25) is 0 Å². The minimum absolute atomic E-state index is 0. The third-order valence-electron chi connectivity index (χ3n) is 4.47. The zero-order valence-corrected chi connectivity index (χ0v) is 19.4. The Balaban J connectivity index is 0.00000450. The van der Waals surface area contributed by atoms with E-state index >= 15 is 0 Å². The molecule has 2 N–H and O–H groups in total. The predicted octanol–water partition coefficient (Wildman–Crippen LogP) is 3.67. The van der Waals surface area contributed by atoms with E-state index in [1.165, 1.54) is 12.1 Å². The van der Waals surface area contributed by atoms with E-state index in [0.29, 0.717) is 30.6 Å². The zero-order chi connectivity index (χ0) is 21.0. The van der Waals surface area contributed by atoms with Crippen LogP contribution in [-0.4, -0.2) is 52.5 Å². The summed E-state index contributed by atoms with van der Waals surface area (Å²) in [5.74, 6) is 6.93. The number of halogens is 4. The van der Waals surface area contributed by atoms with Gasteiger partial charge in [0.25, 0.3) is 0 Å². The van der Waals surface area contributed by atoms with Gasteiger partial charge in [0, 0.05) is 45.6 Å². The number of guanidine groups is 1. The Bertz CT molecular complexity index is 694. The SMILES string of the molecule is CN=C(NCC#Cc1ccc(C(F)(F)F)cc1)NCCCOCC1CCOCC1.I. The summed E-state index contributed by atoms with van der Waals surface area (Å²) in [6, 6.07) is 4.79. The molecule has 0 unspecified atom stereocenters. The fourth-order valence-corrected chi connectivity index (χ4v) is 2.78. The third kappa shape index (κ3) is 10.5. The molecule has 1 saturated heterocycles. The molecule has 1 aromatic rings. The number of ether oxygens (including phenoxy) is 2. The summed E-state index contributed by atoms with van der Waals surface area (Å²) < 4.78 is 48.6. The molecule has 1 heterocycles. The van der Waals surface area contributed by atoms with Crippen LogP contribution in [0.5, 0.6) is 0 Å². The molecule has 5 nitrogen and oxygen atoms in total. The van der Waals surface area contributed by atoms with Crippen molar-refractivity contribution in [2.45, 2.75) is 25.4 Å². The second kappa shape index (κ2) is 14.5. The summed E-state index contributed by atoms with van der Waals surface area (Å²) in [5, 5.41) is 6.23. The van der Waals surface area contributed by atoms with Gasteiger partial charge in [-0.2, -0.15) is 13.2 Å². The lowest BCUT2D eigenvalue weighted by atomic mass is 10.0. The smallest absolute Gasteiger partial charge is 0.381 e. The molecule has 30 heavy (non-hydrogen) atoms. The molecule has 0 aliphatic carbocycles. The van der Waals surface area contributed by atoms with Gasteiger partial charge in [-0.25, -0.2) is 0 Å². The van der Waals surface area contributed by atoms with Gasteiger partial charge in [-0.15, -0.1) is 24.0 Å². The Morgan fingerprint density at radius 1 is 1.20 bits per heavy atom. The molecule has 1 aromatic carbocycles. The van der Waals surface area contributed by atoms with Crippen LogP contribution in [0.1, 0.15) is 30.4 Å². The van der Waals surface area contributed by atoms with E-state index in [4.69, 9.17) is 9.47 Å². The first-order valence-corrected chi connectivity index (χ1v) is 9.75. The molecule has 1 fully saturated rings. The van der Waals surface area contributed by atoms with Crippen molar-refractivity contribution in [3.05, 3.63) is 35.4 Å². The fourth-order valence-electron chi connectivity index (χ4n) is 2.78. The van der Waals surface area contributed by atoms with Gasteiger partial charge < -0.3 is 20.1 Å². The molecule has 1 aliphatic rings. The van der Waals surface area contributed by atoms with Gasteiger partial charge >= 0.3 is 6.18 Å². The van der Waals surface area contributed by atoms with Crippen molar-refractivity contribution in [2.75, 3.05) is 46.6 Å². The van der Waals surface area contributed by atoms with Crippen LogP contribution in [0.15, 0.2) is 29.3 Å². The van der Waals surface area contributed by atoms with E-state index in [-0.39, 0.29) is 24.0 Å². The van der Waals surface area contributed by atoms with Crippen LogP contribution >= 0.6 is 24.0 Å². The third-order valence-corrected chi connectivity index (χ3v) is 4.47. The Morgan fingerprint density at radius 3 is 2.53 bits per heavy atom. The van der Waals surface area contributed by atoms with E-state index in [1.54, 1.807) is 7.05 Å². The molecule has 1 aliphatic heterocycles. The normalized spacial score (nSPS) is 15.0. The Kier molecular flexibility index (Phi) is 12.8. The molecule has 0 spiro atoms. The average molecular weight is 539 g/mol. The van der Waals surface area contributed by atoms with Gasteiger partial charge in [-0.1, -0.05) is 11.8 Å². The van der Waals surface area contributed by atoms with Crippen molar-refractivity contribution < 1.29 is 22.6 Å². The maximum Gasteiger partial charge on any atom is 0.416 e. The van der Waals surface area contributed by atoms with E-state index in [0.717, 1.165) is 57.8 Å². The highest BCUT2D eigenvalue weighted by Gasteiger charge is 2.29. The number of nitrogens with zero attached hydrogens (tertiary/aromatic N) is 1. The van der Waals surface area contributed by atoms with Crippen LogP contribution < -0.4 is 10.6 Å². The fraction of sp³-hybridized carbons (Fsp3) is 0.571. The second-order valence-electron chi connectivity index (χ2n) is 6.71. The Hall–Kier alpha value is -1.51. The number of hydrogen-bond acceptors (Lipinski definition) is 3. The molecule has 2 rings (SSSR count). The minimum Gasteiger partial charge on any atom is -0.381 e. The maximum atomic E-state index is 12.5. The Morgan fingerprint density at radius 2 is 1.90 bits per heavy atom. The van der Waals surface area contributed by atoms with E-state index in [2.05, 4.69) is 27.5 Å². The van der Waals surface area contributed by atoms with Crippen LogP contribution in [0.3, 0.4) is 0 Å². The molecular weight excluding hydrogens is 510 g/mol. The highest BCUT2D eigenvalue weighted by molar-refractivity contribution is 14.0. The van der Waals surface area contributed by atoms with Gasteiger partial charge in [-0.3, -0.25) is 4.99 Å². The van der Waals surface area contributed by atoms with Crippen LogP contribution in [0.2, 0.25) is 0 Å². The van der Waals surface area contributed by atoms with Gasteiger partial charge in [0.1, 0.15) is 0 Å². The topological polar surface area (TPSA) is 54.9 Å². The molecule has 0 amide bonds. The maximum absolute atomic E-state index is 12.5. The number of aliphatic imine (C=N–C) groups is 1. The van der Waals surface area contributed by atoms with Gasteiger partial charge in [0.05, 0.1) is 12.1 Å². The van der Waals surface area contributed by atoms with Crippen LogP contribution in [0.25, 0.3) is 0 Å². The van der Waals surface area contributed by atoms with Crippen LogP contribution in [-0.2, 0) is 15.7 Å². The lowest BCUT2D eigenvalue weighted by molar-refractivity contribution is -0.137. The number of alkyl halides is 3. The molecule has 0 saturated carbocycles. The lowest BCUT2D eigenvalue weighted by Crippen LogP contribution is -2.38. The number of benzene rings is 1. The van der Waals surface area contributed by atoms with Gasteiger partial charge in [-0.05, 0) is 49.4 Å². The monoisotopic (exact) mass is 539 g/mol. The van der Waals surface area contributed by atoms with E-state index in [1.807, 2.05) is 0 Å². The van der Waals surface area contributed by atoms with Crippen LogP contribution in [0.4, 0.5) is 13.2 Å². The molecule has 168 valence electrons. The van der Waals surface area contributed by atoms with Crippen molar-refractivity contribution in [1.29, 1.82) is 0 Å². The summed E-state index contributed by atoms with van der Waals surface area (Å²) in [4.78, 5) is 4.11. The van der Waals surface area contributed by atoms with Crippen molar-refractivity contribution in [1.82, 2.24) is 10.6 Å². The van der Waals surface area contributed by atoms with Crippen molar-refractivity contribution >= 4 is 29.9 Å². The standard InChI is InChI=1S/C21H28F3N3O2.HI/c1-25-20(27-12-3-13-29-16-18-9-14-28-15-10-18)26-11-2-4-17-5-7-19(8-6-17)21(22,23)24;/h5-8,18H,3,9-16H2,1H3,(H2,25,26,27);1H. The molecule has 9 heteroatoms. The first-order valence-electron chi connectivity index (χ1n) is 9.75. The van der Waals surface area contributed by atoms with E-state index < -0.39 is 11.7 Å². The number of hydrogen-bond donors (Lipinski definition) is 2. The minimum atomic E-state index is -4.33. The zero-order valence-electron chi connectivity index (χ0n) is 17.1. The molecule has 0 aromatic heterocycles. The second-order valence-corrected chi connectivity index (χ2v) is 6.71. The van der Waals surface area contributed by atoms with Crippen LogP contribution in [0, 0.1) is 17.8 Å². The first kappa shape index (κ1) is 26.5. The van der Waals surface area contributed by atoms with Gasteiger partial charge in [0.15, 0.2) is 5.96 Å². The molecule has 0 atom stereocenters. The summed E-state index contributed by atoms with van der Waals surface area (Å²) in [5.41, 5.74) is -0.146. The van der Waals surface area contributed by atoms with E-state index in [9.17, 15) is 13.2 Å². The quantitative estimate of drug-likeness (QED) is 0.183. The number of nitrogens with one attached hydrogen (secondary N) is 2. The summed E-state index contributed by atoms with van der Waals surface area (Å²) in [7, 11) is 1.67. The van der Waals surface area contributed by atoms with Crippen molar-refractivity contribution in [3.8, 4) is 11.8 Å². The van der Waals surface area contributed by atoms with Crippen molar-refractivity contribution in [2.24, 2.45) is 10.9 Å². The largest absolute Gasteiger partial charge is 0.416 e. The highest BCUT2D eigenvalue weighted by Crippen LogP contribution is 2.28.